The first-order valence-corrected chi connectivity index (χ1v) is 10.5. The molecule has 30 heavy (non-hydrogen) atoms. The molecule has 0 saturated heterocycles. The summed E-state index contributed by atoms with van der Waals surface area (Å²) in [4.78, 5) is 30.5. The third-order valence-electron chi connectivity index (χ3n) is 5.78. The van der Waals surface area contributed by atoms with Gasteiger partial charge in [0.2, 0.25) is 0 Å². The van der Waals surface area contributed by atoms with E-state index in [0.717, 1.165) is 54.9 Å². The minimum Gasteiger partial charge on any atom is -0.496 e. The van der Waals surface area contributed by atoms with Crippen molar-refractivity contribution in [3.63, 3.8) is 0 Å². The molecule has 4 rings (SSSR count). The lowest BCUT2D eigenvalue weighted by atomic mass is 10.0. The van der Waals surface area contributed by atoms with E-state index < -0.39 is 0 Å². The van der Waals surface area contributed by atoms with Crippen LogP contribution in [0.4, 0.5) is 0 Å². The van der Waals surface area contributed by atoms with Crippen molar-refractivity contribution >= 4 is 16.8 Å². The summed E-state index contributed by atoms with van der Waals surface area (Å²) in [5.74, 6) is 1.36. The molecule has 0 spiro atoms. The van der Waals surface area contributed by atoms with Crippen molar-refractivity contribution in [3.8, 4) is 5.75 Å². The Labute approximate surface area is 175 Å². The highest BCUT2D eigenvalue weighted by atomic mass is 16.5. The molecule has 0 bridgehead atoms. The van der Waals surface area contributed by atoms with E-state index in [-0.39, 0.29) is 17.5 Å². The summed E-state index contributed by atoms with van der Waals surface area (Å²) < 4.78 is 7.24. The number of aromatic nitrogens is 2. The molecular formula is C24H27N3O3. The summed E-state index contributed by atoms with van der Waals surface area (Å²) >= 11 is 0. The molecule has 1 atom stereocenters. The van der Waals surface area contributed by atoms with Gasteiger partial charge in [-0.25, -0.2) is 4.98 Å². The third-order valence-corrected chi connectivity index (χ3v) is 5.78. The number of nitrogens with zero attached hydrogens (tertiary/aromatic N) is 2. The van der Waals surface area contributed by atoms with E-state index in [4.69, 9.17) is 9.72 Å². The number of methoxy groups -OCH3 is 1. The number of amides is 1. The zero-order chi connectivity index (χ0) is 21.3. The average Bonchev–Trinajstić information content (AvgIpc) is 2.99. The van der Waals surface area contributed by atoms with Gasteiger partial charge in [0, 0.05) is 24.1 Å². The van der Waals surface area contributed by atoms with Crippen LogP contribution in [0.25, 0.3) is 10.9 Å². The lowest BCUT2D eigenvalue weighted by molar-refractivity contribution is 0.0939. The Hall–Kier alpha value is -3.15. The van der Waals surface area contributed by atoms with Gasteiger partial charge >= 0.3 is 0 Å². The Bertz CT molecular complexity index is 1170. The fourth-order valence-corrected chi connectivity index (χ4v) is 4.11. The summed E-state index contributed by atoms with van der Waals surface area (Å²) in [6.07, 6.45) is 3.94. The Morgan fingerprint density at radius 1 is 1.17 bits per heavy atom. The molecule has 1 aliphatic rings. The number of carbonyl (C=O) groups is 1. The second kappa shape index (κ2) is 8.30. The van der Waals surface area contributed by atoms with Crippen LogP contribution in [0.5, 0.6) is 5.75 Å². The van der Waals surface area contributed by atoms with Crippen molar-refractivity contribution in [2.75, 3.05) is 7.11 Å². The van der Waals surface area contributed by atoms with Crippen LogP contribution in [0.3, 0.4) is 0 Å². The van der Waals surface area contributed by atoms with Crippen molar-refractivity contribution in [1.29, 1.82) is 0 Å². The van der Waals surface area contributed by atoms with Crippen molar-refractivity contribution in [1.82, 2.24) is 14.9 Å². The van der Waals surface area contributed by atoms with E-state index in [1.165, 1.54) is 0 Å². The SMILES string of the molecule is COc1ccc(C)cc1[C@H](C)NC(=O)c1ccc2c(=O)n3c(nc2c1)CCCCC3. The van der Waals surface area contributed by atoms with Crippen LogP contribution in [0, 0.1) is 6.92 Å². The third kappa shape index (κ3) is 3.82. The molecule has 2 heterocycles. The molecular weight excluding hydrogens is 378 g/mol. The first-order chi connectivity index (χ1) is 14.5. The number of fused-ring (bicyclic) bond motifs is 2. The molecule has 2 aromatic carbocycles. The second-order valence-corrected chi connectivity index (χ2v) is 7.97. The van der Waals surface area contributed by atoms with E-state index in [1.807, 2.05) is 32.0 Å². The summed E-state index contributed by atoms with van der Waals surface area (Å²) in [5, 5.41) is 3.60. The number of benzene rings is 2. The highest BCUT2D eigenvalue weighted by Gasteiger charge is 2.18. The topological polar surface area (TPSA) is 73.2 Å². The summed E-state index contributed by atoms with van der Waals surface area (Å²) in [7, 11) is 1.62. The minimum absolute atomic E-state index is 0.0123. The van der Waals surface area contributed by atoms with Crippen LogP contribution in [-0.4, -0.2) is 22.6 Å². The van der Waals surface area contributed by atoms with Crippen LogP contribution in [-0.2, 0) is 13.0 Å². The number of aryl methyl sites for hydroxylation is 2. The van der Waals surface area contributed by atoms with Gasteiger partial charge in [-0.15, -0.1) is 0 Å². The number of rotatable bonds is 4. The van der Waals surface area contributed by atoms with Crippen LogP contribution in [0.2, 0.25) is 0 Å². The highest BCUT2D eigenvalue weighted by molar-refractivity contribution is 5.97. The zero-order valence-electron chi connectivity index (χ0n) is 17.7. The predicted octanol–water partition coefficient (Wildman–Crippen LogP) is 3.93. The molecule has 1 N–H and O–H groups in total. The molecule has 6 nitrogen and oxygen atoms in total. The molecule has 3 aromatic rings. The lowest BCUT2D eigenvalue weighted by Crippen LogP contribution is -2.28. The van der Waals surface area contributed by atoms with Crippen LogP contribution >= 0.6 is 0 Å². The summed E-state index contributed by atoms with van der Waals surface area (Å²) in [6, 6.07) is 10.8. The summed E-state index contributed by atoms with van der Waals surface area (Å²) in [6.45, 7) is 4.66. The minimum atomic E-state index is -0.228. The van der Waals surface area contributed by atoms with Crippen LogP contribution < -0.4 is 15.6 Å². The Morgan fingerprint density at radius 3 is 2.80 bits per heavy atom. The van der Waals surface area contributed by atoms with Crippen molar-refractivity contribution in [3.05, 3.63) is 69.3 Å². The smallest absolute Gasteiger partial charge is 0.261 e. The first kappa shape index (κ1) is 20.1. The fourth-order valence-electron chi connectivity index (χ4n) is 4.11. The molecule has 6 heteroatoms. The Morgan fingerprint density at radius 2 is 2.00 bits per heavy atom. The van der Waals surface area contributed by atoms with Crippen molar-refractivity contribution < 1.29 is 9.53 Å². The fraction of sp³-hybridized carbons (Fsp3) is 0.375. The largest absolute Gasteiger partial charge is 0.496 e. The van der Waals surface area contributed by atoms with Gasteiger partial charge in [-0.2, -0.15) is 0 Å². The number of carbonyl (C=O) groups excluding carboxylic acids is 1. The zero-order valence-corrected chi connectivity index (χ0v) is 17.7. The number of hydrogen-bond acceptors (Lipinski definition) is 4. The Kier molecular flexibility index (Phi) is 5.57. The van der Waals surface area contributed by atoms with E-state index in [0.29, 0.717) is 16.5 Å². The van der Waals surface area contributed by atoms with E-state index in [2.05, 4.69) is 5.32 Å². The van der Waals surface area contributed by atoms with Gasteiger partial charge in [-0.1, -0.05) is 24.1 Å². The molecule has 0 fully saturated rings. The Balaban J connectivity index is 1.64. The normalized spacial score (nSPS) is 14.6. The highest BCUT2D eigenvalue weighted by Crippen LogP contribution is 2.26. The average molecular weight is 405 g/mol. The molecule has 0 aliphatic carbocycles. The predicted molar refractivity (Wildman–Crippen MR) is 117 cm³/mol. The maximum Gasteiger partial charge on any atom is 0.261 e. The number of hydrogen-bond donors (Lipinski definition) is 1. The van der Waals surface area contributed by atoms with E-state index in [9.17, 15) is 9.59 Å². The molecule has 1 amide bonds. The maximum absolute atomic E-state index is 12.9. The van der Waals surface area contributed by atoms with Gasteiger partial charge in [0.1, 0.15) is 11.6 Å². The number of nitrogens with one attached hydrogen (secondary N) is 1. The van der Waals surface area contributed by atoms with Crippen LogP contribution in [0.1, 0.15) is 59.5 Å². The van der Waals surface area contributed by atoms with Gasteiger partial charge in [0.15, 0.2) is 0 Å². The van der Waals surface area contributed by atoms with Gasteiger partial charge in [0.05, 0.1) is 24.1 Å². The summed E-state index contributed by atoms with van der Waals surface area (Å²) in [5.41, 5.74) is 3.09. The van der Waals surface area contributed by atoms with Gasteiger partial charge in [-0.3, -0.25) is 14.2 Å². The lowest BCUT2D eigenvalue weighted by Gasteiger charge is -2.18. The maximum atomic E-state index is 12.9. The van der Waals surface area contributed by atoms with E-state index in [1.54, 1.807) is 29.9 Å². The number of ether oxygens (including phenoxy) is 1. The molecule has 156 valence electrons. The molecule has 0 radical (unpaired) electrons. The van der Waals surface area contributed by atoms with Gasteiger partial charge < -0.3 is 10.1 Å². The van der Waals surface area contributed by atoms with Crippen molar-refractivity contribution in [2.45, 2.75) is 52.1 Å². The van der Waals surface area contributed by atoms with E-state index >= 15 is 0 Å². The van der Waals surface area contributed by atoms with Crippen LogP contribution in [0.15, 0.2) is 41.2 Å². The van der Waals surface area contributed by atoms with Gasteiger partial charge in [0.25, 0.3) is 11.5 Å². The quantitative estimate of drug-likeness (QED) is 0.714. The standard InChI is InChI=1S/C24H27N3O3/c1-15-8-11-21(30-3)19(13-15)16(2)25-23(28)17-9-10-18-20(14-17)26-22-7-5-4-6-12-27(22)24(18)29/h8-11,13-14,16H,4-7,12H2,1-3H3,(H,25,28)/t16-/m0/s1. The van der Waals surface area contributed by atoms with Crippen molar-refractivity contribution in [2.24, 2.45) is 0 Å². The first-order valence-electron chi connectivity index (χ1n) is 10.5. The monoisotopic (exact) mass is 405 g/mol. The van der Waals surface area contributed by atoms with Gasteiger partial charge in [-0.05, 0) is 51.0 Å². The molecule has 0 unspecified atom stereocenters. The molecule has 1 aromatic heterocycles. The second-order valence-electron chi connectivity index (χ2n) is 7.97. The molecule has 0 saturated carbocycles. The molecule has 1 aliphatic heterocycles.